The molecule has 4 N–H and O–H groups in total. The predicted molar refractivity (Wildman–Crippen MR) is 92.8 cm³/mol. The number of benzene rings is 1. The maximum absolute atomic E-state index is 12.0. The number of nitrogens with zero attached hydrogens (tertiary/aromatic N) is 2. The first kappa shape index (κ1) is 15.9. The van der Waals surface area contributed by atoms with Crippen LogP contribution in [-0.2, 0) is 0 Å². The maximum atomic E-state index is 12.0. The van der Waals surface area contributed by atoms with Gasteiger partial charge < -0.3 is 25.7 Å². The Bertz CT molecular complexity index is 879. The van der Waals surface area contributed by atoms with Gasteiger partial charge in [-0.25, -0.2) is 9.79 Å². The molecule has 0 saturated carbocycles. The molecule has 0 unspecified atom stereocenters. The molecule has 2 aromatic rings. The molecule has 1 aliphatic heterocycles. The fourth-order valence-electron chi connectivity index (χ4n) is 2.45. The van der Waals surface area contributed by atoms with Crippen molar-refractivity contribution in [2.75, 3.05) is 16.9 Å². The zero-order chi connectivity index (χ0) is 17.3. The molecule has 7 nitrogen and oxygen atoms in total. The first-order valence-electron chi connectivity index (χ1n) is 7.68. The van der Waals surface area contributed by atoms with E-state index in [0.717, 1.165) is 10.9 Å². The summed E-state index contributed by atoms with van der Waals surface area (Å²) in [5, 5.41) is 6.46. The minimum Gasteiger partial charge on any atom is -0.446 e. The first-order chi connectivity index (χ1) is 11.3. The van der Waals surface area contributed by atoms with E-state index < -0.39 is 0 Å². The van der Waals surface area contributed by atoms with Crippen LogP contribution in [0.2, 0.25) is 0 Å². The van der Waals surface area contributed by atoms with E-state index in [0.29, 0.717) is 23.7 Å². The minimum atomic E-state index is -0.302. The maximum Gasteiger partial charge on any atom is 0.319 e. The fourth-order valence-corrected chi connectivity index (χ4v) is 2.45. The smallest absolute Gasteiger partial charge is 0.319 e. The van der Waals surface area contributed by atoms with Gasteiger partial charge in [0.05, 0.1) is 11.5 Å². The largest absolute Gasteiger partial charge is 0.446 e. The second-order valence-electron chi connectivity index (χ2n) is 6.63. The summed E-state index contributed by atoms with van der Waals surface area (Å²) in [6.45, 7) is 6.15. The number of amides is 2. The molecular weight excluding hydrogens is 306 g/mol. The summed E-state index contributed by atoms with van der Waals surface area (Å²) in [5.41, 5.74) is 7.99. The topological polar surface area (TPSA) is 95.9 Å². The molecule has 1 aliphatic rings. The van der Waals surface area contributed by atoms with Gasteiger partial charge in [-0.2, -0.15) is 0 Å². The Morgan fingerprint density at radius 1 is 1.33 bits per heavy atom. The summed E-state index contributed by atoms with van der Waals surface area (Å²) >= 11 is 0. The summed E-state index contributed by atoms with van der Waals surface area (Å²) in [5.74, 6) is 0.574. The van der Waals surface area contributed by atoms with Crippen LogP contribution in [0.5, 0.6) is 0 Å². The van der Waals surface area contributed by atoms with Gasteiger partial charge in [-0.1, -0.05) is 6.07 Å². The lowest BCUT2D eigenvalue weighted by atomic mass is 10.1. The van der Waals surface area contributed by atoms with Crippen molar-refractivity contribution < 1.29 is 9.21 Å². The normalized spacial score (nSPS) is 14.0. The molecule has 2 heterocycles. The lowest BCUT2D eigenvalue weighted by Crippen LogP contribution is -2.43. The van der Waals surface area contributed by atoms with Gasteiger partial charge in [-0.3, -0.25) is 0 Å². The molecule has 0 bridgehead atoms. The van der Waals surface area contributed by atoms with Crippen LogP contribution < -0.4 is 32.0 Å². The number of rotatable bonds is 2. The quantitative estimate of drug-likeness (QED) is 0.775. The van der Waals surface area contributed by atoms with E-state index in [9.17, 15) is 4.79 Å². The zero-order valence-electron chi connectivity index (χ0n) is 14.0. The molecule has 1 aromatic heterocycles. The van der Waals surface area contributed by atoms with Crippen molar-refractivity contribution in [3.63, 3.8) is 0 Å². The van der Waals surface area contributed by atoms with Crippen LogP contribution in [0.3, 0.4) is 0 Å². The van der Waals surface area contributed by atoms with Crippen molar-refractivity contribution in [3.8, 4) is 0 Å². The molecule has 0 aliphatic carbocycles. The van der Waals surface area contributed by atoms with Crippen molar-refractivity contribution >= 4 is 23.2 Å². The SMILES string of the molecule is CC(C)(C)NC(=O)Nc1cccc(N2CN=c3occc3=C2N)c1. The van der Waals surface area contributed by atoms with Crippen molar-refractivity contribution in [1.29, 1.82) is 0 Å². The highest BCUT2D eigenvalue weighted by Crippen LogP contribution is 2.22. The third-order valence-electron chi connectivity index (χ3n) is 3.47. The number of hydrogen-bond acceptors (Lipinski definition) is 5. The summed E-state index contributed by atoms with van der Waals surface area (Å²) in [6.07, 6.45) is 1.57. The molecule has 1 aromatic carbocycles. The van der Waals surface area contributed by atoms with Gasteiger partial charge in [0.1, 0.15) is 12.5 Å². The fraction of sp³-hybridized carbons (Fsp3) is 0.294. The molecular formula is C17H21N5O2. The lowest BCUT2D eigenvalue weighted by Gasteiger charge is -2.25. The van der Waals surface area contributed by atoms with Crippen LogP contribution in [-0.4, -0.2) is 18.2 Å². The standard InChI is InChI=1S/C17H21N5O2/c1-17(2,3)21-16(23)20-11-5-4-6-12(9-11)22-10-19-15-13(14(22)18)7-8-24-15/h4-9H,10,18H2,1-3H3,(H2,20,21,23). The molecule has 24 heavy (non-hydrogen) atoms. The van der Waals surface area contributed by atoms with Gasteiger partial charge in [0.15, 0.2) is 0 Å². The number of carbonyl (C=O) groups excluding carboxylic acids is 1. The molecule has 0 saturated heterocycles. The summed E-state index contributed by atoms with van der Waals surface area (Å²) in [6, 6.07) is 9.00. The van der Waals surface area contributed by atoms with Gasteiger partial charge in [0, 0.05) is 16.9 Å². The highest BCUT2D eigenvalue weighted by Gasteiger charge is 2.17. The first-order valence-corrected chi connectivity index (χ1v) is 7.68. The van der Waals surface area contributed by atoms with E-state index in [2.05, 4.69) is 15.6 Å². The number of hydrogen-bond donors (Lipinski definition) is 3. The third kappa shape index (κ3) is 3.34. The summed E-state index contributed by atoms with van der Waals surface area (Å²) in [4.78, 5) is 18.2. The molecule has 0 fully saturated rings. The van der Waals surface area contributed by atoms with E-state index >= 15 is 0 Å². The molecule has 0 spiro atoms. The Morgan fingerprint density at radius 2 is 2.12 bits per heavy atom. The Hall–Kier alpha value is -2.96. The molecule has 0 radical (unpaired) electrons. The molecule has 0 atom stereocenters. The zero-order valence-corrected chi connectivity index (χ0v) is 14.0. The van der Waals surface area contributed by atoms with E-state index in [1.807, 2.05) is 49.9 Å². The van der Waals surface area contributed by atoms with Crippen LogP contribution in [0, 0.1) is 0 Å². The Labute approximate surface area is 139 Å². The van der Waals surface area contributed by atoms with Crippen molar-refractivity contribution in [2.24, 2.45) is 10.7 Å². The molecule has 3 rings (SSSR count). The van der Waals surface area contributed by atoms with E-state index in [1.54, 1.807) is 12.3 Å². The lowest BCUT2D eigenvalue weighted by molar-refractivity contribution is 0.244. The number of nitrogens with one attached hydrogen (secondary N) is 2. The second-order valence-corrected chi connectivity index (χ2v) is 6.63. The predicted octanol–water partition coefficient (Wildman–Crippen LogP) is 1.32. The number of carbonyl (C=O) groups is 1. The van der Waals surface area contributed by atoms with E-state index in [-0.39, 0.29) is 11.6 Å². The highest BCUT2D eigenvalue weighted by molar-refractivity contribution is 5.90. The molecule has 7 heteroatoms. The van der Waals surface area contributed by atoms with Gasteiger partial charge >= 0.3 is 6.03 Å². The number of nitrogens with two attached hydrogens (primary N) is 1. The van der Waals surface area contributed by atoms with E-state index in [4.69, 9.17) is 10.2 Å². The van der Waals surface area contributed by atoms with Crippen molar-refractivity contribution in [2.45, 2.75) is 26.3 Å². The third-order valence-corrected chi connectivity index (χ3v) is 3.47. The Morgan fingerprint density at radius 3 is 2.88 bits per heavy atom. The number of anilines is 2. The minimum absolute atomic E-state index is 0.253. The van der Waals surface area contributed by atoms with Gasteiger partial charge in [-0.15, -0.1) is 0 Å². The van der Waals surface area contributed by atoms with Crippen LogP contribution >= 0.6 is 0 Å². The van der Waals surface area contributed by atoms with Crippen LogP contribution in [0.4, 0.5) is 16.2 Å². The highest BCUT2D eigenvalue weighted by atomic mass is 16.3. The number of fused-ring (bicyclic) bond motifs is 1. The Kier molecular flexibility index (Phi) is 3.92. The second kappa shape index (κ2) is 5.92. The van der Waals surface area contributed by atoms with Crippen molar-refractivity contribution in [3.05, 3.63) is 47.4 Å². The number of urea groups is 1. The monoisotopic (exact) mass is 327 g/mol. The summed E-state index contributed by atoms with van der Waals surface area (Å²) < 4.78 is 5.27. The van der Waals surface area contributed by atoms with Gasteiger partial charge in [-0.05, 0) is 45.0 Å². The summed E-state index contributed by atoms with van der Waals surface area (Å²) in [7, 11) is 0. The van der Waals surface area contributed by atoms with Crippen LogP contribution in [0.1, 0.15) is 20.8 Å². The molecule has 126 valence electrons. The van der Waals surface area contributed by atoms with Crippen LogP contribution in [0.15, 0.2) is 46.0 Å². The average Bonchev–Trinajstić information content (AvgIpc) is 2.95. The van der Waals surface area contributed by atoms with Gasteiger partial charge in [0.25, 0.3) is 0 Å². The number of furan rings is 1. The average molecular weight is 327 g/mol. The Balaban J connectivity index is 1.83. The van der Waals surface area contributed by atoms with E-state index in [1.165, 1.54) is 0 Å². The van der Waals surface area contributed by atoms with Crippen molar-refractivity contribution in [1.82, 2.24) is 5.32 Å². The molecule has 2 amide bonds. The van der Waals surface area contributed by atoms with Crippen LogP contribution in [0.25, 0.3) is 5.82 Å². The van der Waals surface area contributed by atoms with Gasteiger partial charge in [0.2, 0.25) is 5.55 Å².